The van der Waals surface area contributed by atoms with Crippen LogP contribution in [0.25, 0.3) is 0 Å². The molecule has 0 aliphatic heterocycles. The molecule has 5 heavy (non-hydrogen) atoms. The van der Waals surface area contributed by atoms with Gasteiger partial charge in [-0.05, 0) is 13.0 Å². The molecule has 0 aliphatic carbocycles. The molecule has 0 aromatic carbocycles. The van der Waals surface area contributed by atoms with Gasteiger partial charge in [0.25, 0.3) is 0 Å². The minimum Gasteiger partial charge on any atom is -0.497 e. The van der Waals surface area contributed by atoms with E-state index < -0.39 is 0 Å². The fraction of sp³-hybridized carbons (Fsp3) is 0.250. The highest BCUT2D eigenvalue weighted by molar-refractivity contribution is 4.53. The molecule has 1 heteroatoms. The molecule has 28 valence electrons. The van der Waals surface area contributed by atoms with Gasteiger partial charge in [0.1, 0.15) is 7.11 Å². The maximum absolute atomic E-state index is 4.20. The van der Waals surface area contributed by atoms with Crippen molar-refractivity contribution in [1.82, 2.24) is 0 Å². The second kappa shape index (κ2) is 3.54. The van der Waals surface area contributed by atoms with E-state index in [2.05, 4.69) is 17.9 Å². The molecule has 0 heterocycles. The Bertz CT molecular complexity index is 30.6. The Balaban J connectivity index is 2.62. The standard InChI is InChI=1S/C4H6O/c1-3-4-5-2/h4H,2H2,1H3. The third-order valence-electron chi connectivity index (χ3n) is 0.201. The van der Waals surface area contributed by atoms with Crippen LogP contribution in [0, 0.1) is 13.2 Å². The molecule has 0 amide bonds. The van der Waals surface area contributed by atoms with E-state index >= 15 is 0 Å². The highest BCUT2D eigenvalue weighted by Gasteiger charge is 1.49. The minimum absolute atomic E-state index is 1.39. The molecule has 0 saturated carbocycles. The third-order valence-corrected chi connectivity index (χ3v) is 0.201. The first-order chi connectivity index (χ1) is 2.41. The molecule has 0 fully saturated rings. The van der Waals surface area contributed by atoms with Gasteiger partial charge in [0.15, 0.2) is 0 Å². The summed E-state index contributed by atoms with van der Waals surface area (Å²) in [6.07, 6.45) is 4.00. The number of allylic oxidation sites excluding steroid dienone is 1. The molecule has 0 bridgehead atoms. The van der Waals surface area contributed by atoms with Gasteiger partial charge in [0.05, 0.1) is 6.26 Å². The van der Waals surface area contributed by atoms with Gasteiger partial charge in [-0.25, -0.2) is 0 Å². The van der Waals surface area contributed by atoms with Crippen LogP contribution in [-0.2, 0) is 4.74 Å². The van der Waals surface area contributed by atoms with Crippen LogP contribution in [0.1, 0.15) is 6.92 Å². The smallest absolute Gasteiger partial charge is 0.121 e. The van der Waals surface area contributed by atoms with E-state index in [-0.39, 0.29) is 0 Å². The zero-order valence-electron chi connectivity index (χ0n) is 3.19. The van der Waals surface area contributed by atoms with Gasteiger partial charge in [-0.3, -0.25) is 0 Å². The van der Waals surface area contributed by atoms with E-state index in [1.165, 1.54) is 6.26 Å². The Morgan fingerprint density at radius 2 is 2.60 bits per heavy atom. The van der Waals surface area contributed by atoms with Crippen LogP contribution < -0.4 is 0 Å². The lowest BCUT2D eigenvalue weighted by Gasteiger charge is -1.75. The summed E-state index contributed by atoms with van der Waals surface area (Å²) in [7, 11) is 3.06. The number of hydrogen-bond donors (Lipinski definition) is 0. The van der Waals surface area contributed by atoms with Gasteiger partial charge in [0.2, 0.25) is 0 Å². The Hall–Kier alpha value is -0.460. The van der Waals surface area contributed by atoms with Crippen LogP contribution in [0.15, 0.2) is 6.26 Å². The van der Waals surface area contributed by atoms with Crippen LogP contribution in [0.3, 0.4) is 0 Å². The Kier molecular flexibility index (Phi) is 3.21. The van der Waals surface area contributed by atoms with Gasteiger partial charge in [0, 0.05) is 0 Å². The zero-order valence-corrected chi connectivity index (χ0v) is 3.19. The molecule has 0 unspecified atom stereocenters. The fourth-order valence-electron chi connectivity index (χ4n) is 0.0833. The third kappa shape index (κ3) is 3.54. The maximum atomic E-state index is 4.20. The molecule has 0 rings (SSSR count). The van der Waals surface area contributed by atoms with Gasteiger partial charge >= 0.3 is 0 Å². The summed E-state index contributed by atoms with van der Waals surface area (Å²) < 4.78 is 4.20. The SMILES string of the molecule is [CH2]O/C=[C]/C. The van der Waals surface area contributed by atoms with Crippen LogP contribution in [0.5, 0.6) is 0 Å². The number of rotatable bonds is 1. The summed E-state index contributed by atoms with van der Waals surface area (Å²) in [5.41, 5.74) is 0. The molecule has 1 nitrogen and oxygen atoms in total. The first kappa shape index (κ1) is 4.54. The van der Waals surface area contributed by atoms with E-state index in [4.69, 9.17) is 0 Å². The highest BCUT2D eigenvalue weighted by Crippen LogP contribution is 1.65. The lowest BCUT2D eigenvalue weighted by Crippen LogP contribution is -1.53. The largest absolute Gasteiger partial charge is 0.497 e. The summed E-state index contributed by atoms with van der Waals surface area (Å²) in [5.74, 6) is 0. The summed E-state index contributed by atoms with van der Waals surface area (Å²) in [6, 6.07) is 0. The van der Waals surface area contributed by atoms with Crippen molar-refractivity contribution in [1.29, 1.82) is 0 Å². The lowest BCUT2D eigenvalue weighted by molar-refractivity contribution is 0.391. The van der Waals surface area contributed by atoms with Crippen molar-refractivity contribution in [2.24, 2.45) is 0 Å². The fourth-order valence-corrected chi connectivity index (χ4v) is 0.0833. The molecule has 0 aromatic rings. The van der Waals surface area contributed by atoms with Gasteiger partial charge < -0.3 is 4.74 Å². The predicted molar refractivity (Wildman–Crippen MR) is 19.9 cm³/mol. The maximum Gasteiger partial charge on any atom is 0.121 e. The van der Waals surface area contributed by atoms with Crippen molar-refractivity contribution in [3.63, 3.8) is 0 Å². The summed E-state index contributed by atoms with van der Waals surface area (Å²) in [5, 5.41) is 0. The van der Waals surface area contributed by atoms with Crippen LogP contribution in [0.4, 0.5) is 0 Å². The van der Waals surface area contributed by atoms with Gasteiger partial charge in [-0.15, -0.1) is 0 Å². The second-order valence-corrected chi connectivity index (χ2v) is 0.573. The first-order valence-electron chi connectivity index (χ1n) is 1.31. The summed E-state index contributed by atoms with van der Waals surface area (Å²) in [4.78, 5) is 0. The molecule has 2 radical (unpaired) electrons. The van der Waals surface area contributed by atoms with Crippen LogP contribution >= 0.6 is 0 Å². The number of hydrogen-bond acceptors (Lipinski definition) is 1. The first-order valence-corrected chi connectivity index (χ1v) is 1.31. The monoisotopic (exact) mass is 70.0 g/mol. The van der Waals surface area contributed by atoms with Crippen molar-refractivity contribution < 1.29 is 4.74 Å². The van der Waals surface area contributed by atoms with E-state index in [0.29, 0.717) is 0 Å². The molecule has 0 spiro atoms. The summed E-state index contributed by atoms with van der Waals surface area (Å²) in [6.45, 7) is 1.74. The lowest BCUT2D eigenvalue weighted by atomic mass is 10.7. The van der Waals surface area contributed by atoms with E-state index in [1.54, 1.807) is 6.92 Å². The topological polar surface area (TPSA) is 9.23 Å². The molecular weight excluding hydrogens is 64.0 g/mol. The van der Waals surface area contributed by atoms with Crippen molar-refractivity contribution in [2.75, 3.05) is 0 Å². The molecule has 0 aliphatic rings. The molecule has 0 saturated heterocycles. The van der Waals surface area contributed by atoms with Gasteiger partial charge in [-0.1, -0.05) is 0 Å². The molecule has 0 N–H and O–H groups in total. The molecule has 0 atom stereocenters. The molecule has 0 aromatic heterocycles. The number of ether oxygens (including phenoxy) is 1. The van der Waals surface area contributed by atoms with E-state index in [9.17, 15) is 0 Å². The quantitative estimate of drug-likeness (QED) is 0.420. The second-order valence-electron chi connectivity index (χ2n) is 0.573. The van der Waals surface area contributed by atoms with Crippen LogP contribution in [0.2, 0.25) is 0 Å². The average Bonchev–Trinajstić information content (AvgIpc) is 1.41. The minimum atomic E-state index is 1.39. The zero-order chi connectivity index (χ0) is 4.12. The Labute approximate surface area is 32.3 Å². The van der Waals surface area contributed by atoms with Crippen molar-refractivity contribution in [3.05, 3.63) is 19.4 Å². The van der Waals surface area contributed by atoms with E-state index in [0.717, 1.165) is 0 Å². The average molecular weight is 70.1 g/mol. The molecular formula is C4H6O. The Morgan fingerprint density at radius 1 is 2.00 bits per heavy atom. The van der Waals surface area contributed by atoms with Crippen molar-refractivity contribution in [3.8, 4) is 0 Å². The normalized spacial score (nSPS) is 9.20. The van der Waals surface area contributed by atoms with Crippen molar-refractivity contribution in [2.45, 2.75) is 6.92 Å². The Morgan fingerprint density at radius 3 is 2.60 bits per heavy atom. The highest BCUT2D eigenvalue weighted by atomic mass is 16.5. The van der Waals surface area contributed by atoms with Gasteiger partial charge in [-0.2, -0.15) is 0 Å². The van der Waals surface area contributed by atoms with Crippen molar-refractivity contribution >= 4 is 0 Å². The predicted octanol–water partition coefficient (Wildman–Crippen LogP) is 1.13. The summed E-state index contributed by atoms with van der Waals surface area (Å²) >= 11 is 0. The van der Waals surface area contributed by atoms with E-state index in [1.807, 2.05) is 0 Å². The van der Waals surface area contributed by atoms with Crippen LogP contribution in [-0.4, -0.2) is 0 Å².